The summed E-state index contributed by atoms with van der Waals surface area (Å²) in [6, 6.07) is 0.805. The fraction of sp³-hybridized carbons (Fsp3) is 0.250. The van der Waals surface area contributed by atoms with Crippen molar-refractivity contribution < 1.29 is 31.1 Å². The average molecular weight is 265 g/mol. The number of alkyl halides is 5. The molecule has 16 heavy (non-hydrogen) atoms. The van der Waals surface area contributed by atoms with E-state index in [1.54, 1.807) is 0 Å². The molecule has 0 atom stereocenters. The predicted octanol–water partition coefficient (Wildman–Crippen LogP) is 4.10. The fourth-order valence-corrected chi connectivity index (χ4v) is 1.15. The van der Waals surface area contributed by atoms with E-state index in [0.717, 1.165) is 0 Å². The standard InChI is InChI=1S/C8H3ClF6O/c9-5-4(16-7(11)12)2-1-3(6(5)10)8(13,14)15/h1-2,7H. The lowest BCUT2D eigenvalue weighted by Gasteiger charge is -2.12. The van der Waals surface area contributed by atoms with Gasteiger partial charge in [-0.15, -0.1) is 0 Å². The second kappa shape index (κ2) is 4.40. The molecule has 0 aliphatic rings. The van der Waals surface area contributed by atoms with Gasteiger partial charge in [-0.2, -0.15) is 22.0 Å². The number of hydrogen-bond donors (Lipinski definition) is 0. The second-order valence-electron chi connectivity index (χ2n) is 2.62. The van der Waals surface area contributed by atoms with E-state index in [4.69, 9.17) is 11.6 Å². The molecule has 8 heteroatoms. The Kier molecular flexibility index (Phi) is 3.57. The van der Waals surface area contributed by atoms with Gasteiger partial charge in [-0.3, -0.25) is 0 Å². The van der Waals surface area contributed by atoms with Crippen LogP contribution < -0.4 is 4.74 Å². The van der Waals surface area contributed by atoms with Crippen LogP contribution in [0.2, 0.25) is 5.02 Å². The highest BCUT2D eigenvalue weighted by Gasteiger charge is 2.35. The van der Waals surface area contributed by atoms with Gasteiger partial charge in [0.15, 0.2) is 5.82 Å². The lowest BCUT2D eigenvalue weighted by molar-refractivity contribution is -0.140. The summed E-state index contributed by atoms with van der Waals surface area (Å²) in [5, 5.41) is -1.13. The summed E-state index contributed by atoms with van der Waals surface area (Å²) in [5.74, 6) is -2.69. The Bertz CT molecular complexity index is 389. The fourth-order valence-electron chi connectivity index (χ4n) is 0.938. The van der Waals surface area contributed by atoms with Crippen LogP contribution in [0.3, 0.4) is 0 Å². The van der Waals surface area contributed by atoms with Gasteiger partial charge < -0.3 is 4.74 Å². The highest BCUT2D eigenvalue weighted by atomic mass is 35.5. The molecule has 1 nitrogen and oxygen atoms in total. The number of hydrogen-bond acceptors (Lipinski definition) is 1. The van der Waals surface area contributed by atoms with E-state index < -0.39 is 34.9 Å². The van der Waals surface area contributed by atoms with Crippen LogP contribution in [0, 0.1) is 5.82 Å². The van der Waals surface area contributed by atoms with E-state index in [1.165, 1.54) is 0 Å². The Morgan fingerprint density at radius 1 is 1.19 bits per heavy atom. The van der Waals surface area contributed by atoms with Gasteiger partial charge in [0.1, 0.15) is 10.8 Å². The molecule has 90 valence electrons. The third-order valence-corrected chi connectivity index (χ3v) is 1.92. The van der Waals surface area contributed by atoms with E-state index in [-0.39, 0.29) is 6.07 Å². The minimum absolute atomic E-state index is 0.277. The number of benzene rings is 1. The van der Waals surface area contributed by atoms with Crippen LogP contribution in [-0.4, -0.2) is 6.61 Å². The molecule has 0 unspecified atom stereocenters. The molecule has 0 aromatic heterocycles. The van der Waals surface area contributed by atoms with Crippen molar-refractivity contribution >= 4 is 11.6 Å². The first-order valence-electron chi connectivity index (χ1n) is 3.73. The summed E-state index contributed by atoms with van der Waals surface area (Å²) in [7, 11) is 0. The van der Waals surface area contributed by atoms with Crippen molar-refractivity contribution in [3.63, 3.8) is 0 Å². The Labute approximate surface area is 90.6 Å². The van der Waals surface area contributed by atoms with E-state index in [1.807, 2.05) is 0 Å². The lowest BCUT2D eigenvalue weighted by Crippen LogP contribution is -2.10. The van der Waals surface area contributed by atoms with Gasteiger partial charge in [0.25, 0.3) is 0 Å². The number of rotatable bonds is 2. The Morgan fingerprint density at radius 2 is 1.75 bits per heavy atom. The molecule has 0 bridgehead atoms. The summed E-state index contributed by atoms with van der Waals surface area (Å²) in [6.45, 7) is -3.30. The van der Waals surface area contributed by atoms with Crippen LogP contribution in [0.4, 0.5) is 26.3 Å². The molecule has 0 heterocycles. The summed E-state index contributed by atoms with van der Waals surface area (Å²) < 4.78 is 76.6. The van der Waals surface area contributed by atoms with Gasteiger partial charge in [0.2, 0.25) is 0 Å². The zero-order chi connectivity index (χ0) is 12.5. The molecule has 0 aliphatic carbocycles. The van der Waals surface area contributed by atoms with Gasteiger partial charge in [-0.1, -0.05) is 11.6 Å². The van der Waals surface area contributed by atoms with Crippen LogP contribution in [0.5, 0.6) is 5.75 Å². The third-order valence-electron chi connectivity index (χ3n) is 1.57. The maximum atomic E-state index is 13.0. The number of halogens is 7. The summed E-state index contributed by atoms with van der Waals surface area (Å²) >= 11 is 5.12. The maximum absolute atomic E-state index is 13.0. The van der Waals surface area contributed by atoms with E-state index in [9.17, 15) is 26.3 Å². The molecule has 0 amide bonds. The Hall–Kier alpha value is -1.11. The summed E-state index contributed by atoms with van der Waals surface area (Å²) in [4.78, 5) is 0. The second-order valence-corrected chi connectivity index (χ2v) is 2.99. The molecule has 1 aromatic rings. The minimum atomic E-state index is -4.95. The van der Waals surface area contributed by atoms with Gasteiger partial charge in [-0.05, 0) is 12.1 Å². The Morgan fingerprint density at radius 3 is 2.19 bits per heavy atom. The Balaban J connectivity index is 3.19. The minimum Gasteiger partial charge on any atom is -0.433 e. The lowest BCUT2D eigenvalue weighted by atomic mass is 10.2. The van der Waals surface area contributed by atoms with Crippen molar-refractivity contribution in [2.75, 3.05) is 0 Å². The van der Waals surface area contributed by atoms with Crippen molar-refractivity contribution in [2.45, 2.75) is 12.8 Å². The average Bonchev–Trinajstić information content (AvgIpc) is 2.10. The maximum Gasteiger partial charge on any atom is 0.419 e. The largest absolute Gasteiger partial charge is 0.433 e. The zero-order valence-electron chi connectivity index (χ0n) is 7.29. The smallest absolute Gasteiger partial charge is 0.419 e. The van der Waals surface area contributed by atoms with Gasteiger partial charge >= 0.3 is 12.8 Å². The van der Waals surface area contributed by atoms with E-state index >= 15 is 0 Å². The van der Waals surface area contributed by atoms with Crippen molar-refractivity contribution in [3.8, 4) is 5.75 Å². The van der Waals surface area contributed by atoms with Crippen LogP contribution in [0.25, 0.3) is 0 Å². The molecule has 0 saturated heterocycles. The number of ether oxygens (including phenoxy) is 1. The van der Waals surface area contributed by atoms with E-state index in [0.29, 0.717) is 6.07 Å². The SMILES string of the molecule is Fc1c(C(F)(F)F)ccc(OC(F)F)c1Cl. The topological polar surface area (TPSA) is 9.23 Å². The molecule has 0 fully saturated rings. The quantitative estimate of drug-likeness (QED) is 0.731. The molecule has 0 radical (unpaired) electrons. The zero-order valence-corrected chi connectivity index (χ0v) is 8.04. The monoisotopic (exact) mass is 264 g/mol. The first-order valence-corrected chi connectivity index (χ1v) is 4.11. The first kappa shape index (κ1) is 13.0. The highest BCUT2D eigenvalue weighted by molar-refractivity contribution is 6.32. The molecule has 0 saturated carbocycles. The van der Waals surface area contributed by atoms with Crippen molar-refractivity contribution in [1.82, 2.24) is 0 Å². The molecule has 0 spiro atoms. The van der Waals surface area contributed by atoms with Crippen LogP contribution in [0.1, 0.15) is 5.56 Å². The van der Waals surface area contributed by atoms with Crippen molar-refractivity contribution in [3.05, 3.63) is 28.5 Å². The molecule has 0 N–H and O–H groups in total. The summed E-state index contributed by atoms with van der Waals surface area (Å²) in [6.07, 6.45) is -4.95. The van der Waals surface area contributed by atoms with Gasteiger partial charge in [-0.25, -0.2) is 4.39 Å². The molecular formula is C8H3ClF6O. The van der Waals surface area contributed by atoms with Crippen LogP contribution in [-0.2, 0) is 6.18 Å². The van der Waals surface area contributed by atoms with Gasteiger partial charge in [0.05, 0.1) is 5.56 Å². The summed E-state index contributed by atoms with van der Waals surface area (Å²) in [5.41, 5.74) is -1.64. The first-order chi connectivity index (χ1) is 7.23. The van der Waals surface area contributed by atoms with Crippen LogP contribution in [0.15, 0.2) is 12.1 Å². The molecule has 1 rings (SSSR count). The molecule has 1 aromatic carbocycles. The van der Waals surface area contributed by atoms with Crippen LogP contribution >= 0.6 is 11.6 Å². The highest BCUT2D eigenvalue weighted by Crippen LogP contribution is 2.38. The van der Waals surface area contributed by atoms with Gasteiger partial charge in [0, 0.05) is 0 Å². The molecular weight excluding hydrogens is 262 g/mol. The van der Waals surface area contributed by atoms with Crippen molar-refractivity contribution in [1.29, 1.82) is 0 Å². The van der Waals surface area contributed by atoms with Crippen molar-refractivity contribution in [2.24, 2.45) is 0 Å². The third kappa shape index (κ3) is 2.72. The predicted molar refractivity (Wildman–Crippen MR) is 43.0 cm³/mol. The molecule has 0 aliphatic heterocycles. The normalized spacial score (nSPS) is 12.0. The van der Waals surface area contributed by atoms with E-state index in [2.05, 4.69) is 4.74 Å².